The van der Waals surface area contributed by atoms with Crippen molar-refractivity contribution in [2.45, 2.75) is 66.2 Å². The van der Waals surface area contributed by atoms with E-state index in [0.717, 1.165) is 69.7 Å². The Bertz CT molecular complexity index is 2180. The average Bonchev–Trinajstić information content (AvgIpc) is 3.57. The van der Waals surface area contributed by atoms with Crippen molar-refractivity contribution in [3.63, 3.8) is 0 Å². The van der Waals surface area contributed by atoms with Gasteiger partial charge in [0.1, 0.15) is 5.82 Å². The van der Waals surface area contributed by atoms with Gasteiger partial charge in [-0.25, -0.2) is 4.98 Å². The minimum Gasteiger partial charge on any atom is -0.509 e. The number of hydrogen-bond donors (Lipinski definition) is 0. The first-order valence-electron chi connectivity index (χ1n) is 16.8. The van der Waals surface area contributed by atoms with Crippen molar-refractivity contribution in [3.05, 3.63) is 132 Å². The van der Waals surface area contributed by atoms with Gasteiger partial charge in [0.05, 0.1) is 5.69 Å². The Morgan fingerprint density at radius 3 is 2.35 bits per heavy atom. The zero-order valence-corrected chi connectivity index (χ0v) is 30.3. The van der Waals surface area contributed by atoms with E-state index in [1.54, 1.807) is 0 Å². The van der Waals surface area contributed by atoms with Crippen molar-refractivity contribution >= 4 is 21.8 Å². The molecule has 0 aliphatic heterocycles. The fourth-order valence-corrected chi connectivity index (χ4v) is 6.67. The van der Waals surface area contributed by atoms with Gasteiger partial charge in [-0.1, -0.05) is 81.1 Å². The van der Waals surface area contributed by atoms with E-state index in [1.807, 2.05) is 41.2 Å². The summed E-state index contributed by atoms with van der Waals surface area (Å²) in [5.74, 6) is 2.14. The summed E-state index contributed by atoms with van der Waals surface area (Å²) in [7, 11) is 0. The van der Waals surface area contributed by atoms with Crippen molar-refractivity contribution < 1.29 is 25.8 Å². The van der Waals surface area contributed by atoms with Crippen LogP contribution >= 0.6 is 0 Å². The minimum atomic E-state index is 0. The van der Waals surface area contributed by atoms with E-state index < -0.39 is 0 Å². The van der Waals surface area contributed by atoms with Gasteiger partial charge in [-0.15, -0.1) is 35.7 Å². The predicted molar refractivity (Wildman–Crippen MR) is 192 cm³/mol. The van der Waals surface area contributed by atoms with Gasteiger partial charge in [-0.3, -0.25) is 4.68 Å². The Labute approximate surface area is 297 Å². The third-order valence-electron chi connectivity index (χ3n) is 8.92. The largest absolute Gasteiger partial charge is 2.00 e. The molecule has 0 atom stereocenters. The van der Waals surface area contributed by atoms with Crippen LogP contribution in [0.1, 0.15) is 62.0 Å². The van der Waals surface area contributed by atoms with Gasteiger partial charge in [0, 0.05) is 34.5 Å². The average molecular weight is 812 g/mol. The summed E-state index contributed by atoms with van der Waals surface area (Å²) < 4.78 is 10.6. The molecule has 5 nitrogen and oxygen atoms in total. The second-order valence-electron chi connectivity index (χ2n) is 12.3. The molecule has 0 bridgehead atoms. The van der Waals surface area contributed by atoms with Crippen molar-refractivity contribution in [2.24, 2.45) is 0 Å². The second kappa shape index (κ2) is 14.7. The molecule has 0 amide bonds. The quantitative estimate of drug-likeness (QED) is 0.0966. The van der Waals surface area contributed by atoms with E-state index in [0.29, 0.717) is 11.5 Å². The fraction of sp³-hybridized carbons (Fsp3) is 0.238. The maximum absolute atomic E-state index is 6.46. The van der Waals surface area contributed by atoms with Gasteiger partial charge < -0.3 is 9.30 Å². The summed E-state index contributed by atoms with van der Waals surface area (Å²) in [5, 5.41) is 7.22. The molecule has 7 aromatic rings. The predicted octanol–water partition coefficient (Wildman–Crippen LogP) is 10.7. The molecule has 0 aliphatic carbocycles. The number of aryl methyl sites for hydroxylation is 3. The van der Waals surface area contributed by atoms with E-state index in [-0.39, 0.29) is 21.1 Å². The summed E-state index contributed by atoms with van der Waals surface area (Å²) in [4.78, 5) is 4.85. The molecule has 0 spiro atoms. The summed E-state index contributed by atoms with van der Waals surface area (Å²) in [5.41, 5.74) is 9.88. The summed E-state index contributed by atoms with van der Waals surface area (Å²) in [6, 6.07) is 38.7. The molecule has 0 fully saturated rings. The molecule has 7 rings (SSSR count). The molecule has 3 aromatic heterocycles. The van der Waals surface area contributed by atoms with Crippen LogP contribution in [0.5, 0.6) is 11.5 Å². The molecular formula is C42H40N4OPt. The van der Waals surface area contributed by atoms with Crippen molar-refractivity contribution in [2.75, 3.05) is 0 Å². The topological polar surface area (TPSA) is 44.9 Å². The van der Waals surface area contributed by atoms with Crippen LogP contribution in [0, 0.1) is 26.0 Å². The Hall–Kier alpha value is -4.47. The van der Waals surface area contributed by atoms with Gasteiger partial charge in [-0.05, 0) is 79.1 Å². The number of aromatic nitrogens is 4. The number of ether oxygens (including phenoxy) is 1. The smallest absolute Gasteiger partial charge is 0.509 e. The molecule has 0 saturated heterocycles. The number of pyridine rings is 1. The van der Waals surface area contributed by atoms with Crippen molar-refractivity contribution in [1.29, 1.82) is 0 Å². The number of rotatable bonds is 11. The Kier molecular flexibility index (Phi) is 10.3. The van der Waals surface area contributed by atoms with Gasteiger partial charge in [0.2, 0.25) is 0 Å². The molecule has 0 aliphatic rings. The zero-order valence-electron chi connectivity index (χ0n) is 28.0. The van der Waals surface area contributed by atoms with E-state index in [2.05, 4.69) is 105 Å². The third kappa shape index (κ3) is 6.62. The van der Waals surface area contributed by atoms with E-state index >= 15 is 0 Å². The monoisotopic (exact) mass is 811 g/mol. The van der Waals surface area contributed by atoms with Gasteiger partial charge in [-0.2, -0.15) is 17.2 Å². The fourth-order valence-electron chi connectivity index (χ4n) is 6.67. The molecule has 6 heteroatoms. The SMILES string of the molecule is CCCCCc1ccnc(-n2c3[c-]c(Oc4[c-]c(-n5nc(C)c(-c6ccccc6)c5C)ccc4)ccc3c3cc(CCC)ccc32)c1.[Pt+2]. The standard InChI is InChI=1S/C42H40N4O.Pt/c1-5-7-9-14-32-23-24-43-41(26-32)45-39-22-19-31(13-6-2)25-38(39)37-21-20-36(28-40(37)45)47-35-18-12-17-34(27-35)46-30(4)42(29(3)44-46)33-15-10-8-11-16-33;/h8,10-12,15-26H,5-7,9,13-14H2,1-4H3;/q-2;+2. The minimum absolute atomic E-state index is 0. The number of hydrogen-bond acceptors (Lipinski definition) is 3. The van der Waals surface area contributed by atoms with Crippen molar-refractivity contribution in [3.8, 4) is 34.1 Å². The Balaban J connectivity index is 0.00000401. The Morgan fingerprint density at radius 1 is 0.729 bits per heavy atom. The van der Waals surface area contributed by atoms with Crippen LogP contribution in [0.3, 0.4) is 0 Å². The number of fused-ring (bicyclic) bond motifs is 3. The van der Waals surface area contributed by atoms with Gasteiger partial charge >= 0.3 is 21.1 Å². The van der Waals surface area contributed by atoms with Gasteiger partial charge in [0.15, 0.2) is 0 Å². The van der Waals surface area contributed by atoms with Crippen LogP contribution in [0.25, 0.3) is 44.4 Å². The molecule has 0 radical (unpaired) electrons. The first-order valence-corrected chi connectivity index (χ1v) is 16.8. The molecule has 3 heterocycles. The molecule has 48 heavy (non-hydrogen) atoms. The maximum atomic E-state index is 6.46. The molecular weight excluding hydrogens is 772 g/mol. The van der Waals surface area contributed by atoms with Gasteiger partial charge in [0.25, 0.3) is 0 Å². The van der Waals surface area contributed by atoms with Crippen LogP contribution in [-0.2, 0) is 33.9 Å². The molecule has 0 unspecified atom stereocenters. The van der Waals surface area contributed by atoms with E-state index in [4.69, 9.17) is 14.8 Å². The van der Waals surface area contributed by atoms with Crippen LogP contribution in [-0.4, -0.2) is 19.3 Å². The number of nitrogens with zero attached hydrogens (tertiary/aromatic N) is 4. The van der Waals surface area contributed by atoms with E-state index in [1.165, 1.54) is 35.8 Å². The first kappa shape index (κ1) is 33.4. The van der Waals surface area contributed by atoms with Crippen LogP contribution in [0.4, 0.5) is 0 Å². The maximum Gasteiger partial charge on any atom is 2.00 e. The van der Waals surface area contributed by atoms with E-state index in [9.17, 15) is 0 Å². The number of benzene rings is 4. The first-order chi connectivity index (χ1) is 23.0. The third-order valence-corrected chi connectivity index (χ3v) is 8.92. The van der Waals surface area contributed by atoms with Crippen LogP contribution in [0.2, 0.25) is 0 Å². The molecule has 244 valence electrons. The summed E-state index contributed by atoms with van der Waals surface area (Å²) in [6.45, 7) is 8.62. The molecule has 0 saturated carbocycles. The van der Waals surface area contributed by atoms with Crippen LogP contribution < -0.4 is 4.74 Å². The normalized spacial score (nSPS) is 11.2. The Morgan fingerprint density at radius 2 is 1.54 bits per heavy atom. The number of unbranched alkanes of at least 4 members (excludes halogenated alkanes) is 2. The zero-order chi connectivity index (χ0) is 32.3. The van der Waals surface area contributed by atoms with Crippen molar-refractivity contribution in [1.82, 2.24) is 19.3 Å². The van der Waals surface area contributed by atoms with Crippen LogP contribution in [0.15, 0.2) is 97.2 Å². The second-order valence-corrected chi connectivity index (χ2v) is 12.3. The summed E-state index contributed by atoms with van der Waals surface area (Å²) >= 11 is 0. The molecule has 0 N–H and O–H groups in total. The summed E-state index contributed by atoms with van der Waals surface area (Å²) in [6.07, 6.45) is 8.75. The molecule has 4 aromatic carbocycles.